The quantitative estimate of drug-likeness (QED) is 0.796. The van der Waals surface area contributed by atoms with Crippen LogP contribution in [0.1, 0.15) is 13.8 Å². The molecule has 0 unspecified atom stereocenters. The highest BCUT2D eigenvalue weighted by Gasteiger charge is 2.26. The molecule has 1 aromatic heterocycles. The molecule has 0 aromatic carbocycles. The first-order valence-corrected chi connectivity index (χ1v) is 6.19. The zero-order chi connectivity index (χ0) is 12.3. The molecule has 1 saturated heterocycles. The second-order valence-corrected chi connectivity index (χ2v) is 4.94. The minimum Gasteiger partial charge on any atom is -0.368 e. The Labute approximate surface area is 103 Å². The predicted molar refractivity (Wildman–Crippen MR) is 70.4 cm³/mol. The first-order valence-electron chi connectivity index (χ1n) is 6.19. The number of nitrogens with zero attached hydrogens (tertiary/aromatic N) is 3. The molecule has 1 aliphatic heterocycles. The molecule has 1 fully saturated rings. The highest BCUT2D eigenvalue weighted by atomic mass is 15.3. The molecule has 2 heterocycles. The predicted octanol–water partition coefficient (Wildman–Crippen LogP) is 0.952. The minimum absolute atomic E-state index is 0.593. The molecule has 2 N–H and O–H groups in total. The fraction of sp³-hybridized carbons (Fsp3) is 0.667. The lowest BCUT2D eigenvalue weighted by molar-refractivity contribution is 0.446. The van der Waals surface area contributed by atoms with Gasteiger partial charge in [0.05, 0.1) is 0 Å². The van der Waals surface area contributed by atoms with Gasteiger partial charge in [-0.15, -0.1) is 10.2 Å². The fourth-order valence-corrected chi connectivity index (χ4v) is 1.75. The van der Waals surface area contributed by atoms with Crippen molar-refractivity contribution in [2.45, 2.75) is 19.9 Å². The largest absolute Gasteiger partial charge is 0.368 e. The van der Waals surface area contributed by atoms with Crippen molar-refractivity contribution in [3.8, 4) is 0 Å². The number of hydrogen-bond acceptors (Lipinski definition) is 5. The summed E-state index contributed by atoms with van der Waals surface area (Å²) in [6.07, 6.45) is 0. The van der Waals surface area contributed by atoms with E-state index in [0.29, 0.717) is 12.0 Å². The molecule has 0 radical (unpaired) electrons. The second kappa shape index (κ2) is 5.31. The van der Waals surface area contributed by atoms with Gasteiger partial charge in [-0.1, -0.05) is 13.8 Å². The third-order valence-electron chi connectivity index (χ3n) is 2.96. The highest BCUT2D eigenvalue weighted by molar-refractivity contribution is 5.45. The van der Waals surface area contributed by atoms with Gasteiger partial charge < -0.3 is 15.5 Å². The summed E-state index contributed by atoms with van der Waals surface area (Å²) in [5.41, 5.74) is 0. The normalized spacial score (nSPS) is 16.1. The smallest absolute Gasteiger partial charge is 0.151 e. The Morgan fingerprint density at radius 3 is 2.65 bits per heavy atom. The first kappa shape index (κ1) is 12.1. The molecular formula is C12H21N5. The summed E-state index contributed by atoms with van der Waals surface area (Å²) in [6, 6.07) is 4.62. The van der Waals surface area contributed by atoms with Crippen molar-refractivity contribution in [1.29, 1.82) is 0 Å². The maximum absolute atomic E-state index is 4.23. The molecule has 0 amide bonds. The molecule has 1 aromatic rings. The van der Waals surface area contributed by atoms with Crippen molar-refractivity contribution in [2.75, 3.05) is 36.9 Å². The fourth-order valence-electron chi connectivity index (χ4n) is 1.75. The Morgan fingerprint density at radius 2 is 2.12 bits per heavy atom. The average molecular weight is 235 g/mol. The minimum atomic E-state index is 0.593. The van der Waals surface area contributed by atoms with E-state index in [4.69, 9.17) is 0 Å². The number of likely N-dealkylation sites (N-methyl/N-ethyl adjacent to an activating group) is 1. The zero-order valence-corrected chi connectivity index (χ0v) is 10.8. The van der Waals surface area contributed by atoms with Crippen molar-refractivity contribution in [2.24, 2.45) is 5.92 Å². The van der Waals surface area contributed by atoms with E-state index in [1.807, 2.05) is 19.2 Å². The molecule has 2 rings (SSSR count). The lowest BCUT2D eigenvalue weighted by atomic mass is 10.1. The molecule has 0 spiro atoms. The second-order valence-electron chi connectivity index (χ2n) is 4.94. The van der Waals surface area contributed by atoms with E-state index in [1.165, 1.54) is 0 Å². The highest BCUT2D eigenvalue weighted by Crippen LogP contribution is 2.18. The summed E-state index contributed by atoms with van der Waals surface area (Å²) in [7, 11) is 1.99. The first-order chi connectivity index (χ1) is 8.19. The summed E-state index contributed by atoms with van der Waals surface area (Å²) in [5, 5.41) is 14.9. The topological polar surface area (TPSA) is 53.1 Å². The van der Waals surface area contributed by atoms with Gasteiger partial charge in [0.1, 0.15) is 5.82 Å². The van der Waals surface area contributed by atoms with Crippen LogP contribution in [0.15, 0.2) is 12.1 Å². The van der Waals surface area contributed by atoms with Crippen LogP contribution in [0.4, 0.5) is 11.6 Å². The van der Waals surface area contributed by atoms with Gasteiger partial charge in [-0.05, 0) is 25.1 Å². The Kier molecular flexibility index (Phi) is 3.78. The molecule has 0 atom stereocenters. The number of nitrogens with one attached hydrogen (secondary N) is 2. The number of hydrogen-bond donors (Lipinski definition) is 2. The maximum atomic E-state index is 4.23. The van der Waals surface area contributed by atoms with Crippen molar-refractivity contribution >= 4 is 11.6 Å². The standard InChI is InChI=1S/C12H21N5/c1-9(2)6-14-11-4-5-12(16-15-11)17-7-10(8-17)13-3/h4-5,9-10,13H,6-8H2,1-3H3,(H,14,15). The van der Waals surface area contributed by atoms with E-state index in [2.05, 4.69) is 39.6 Å². The van der Waals surface area contributed by atoms with Gasteiger partial charge in [0.15, 0.2) is 5.82 Å². The number of rotatable bonds is 5. The summed E-state index contributed by atoms with van der Waals surface area (Å²) < 4.78 is 0. The van der Waals surface area contributed by atoms with E-state index in [9.17, 15) is 0 Å². The third-order valence-corrected chi connectivity index (χ3v) is 2.96. The van der Waals surface area contributed by atoms with Gasteiger partial charge in [0, 0.05) is 25.7 Å². The van der Waals surface area contributed by atoms with Gasteiger partial charge in [-0.2, -0.15) is 0 Å². The van der Waals surface area contributed by atoms with Gasteiger partial charge in [-0.3, -0.25) is 0 Å². The van der Waals surface area contributed by atoms with E-state index in [-0.39, 0.29) is 0 Å². The van der Waals surface area contributed by atoms with Crippen LogP contribution in [0.5, 0.6) is 0 Å². The molecule has 94 valence electrons. The van der Waals surface area contributed by atoms with Crippen LogP contribution in [0.25, 0.3) is 0 Å². The van der Waals surface area contributed by atoms with Gasteiger partial charge in [0.2, 0.25) is 0 Å². The van der Waals surface area contributed by atoms with Crippen LogP contribution in [-0.4, -0.2) is 42.9 Å². The maximum Gasteiger partial charge on any atom is 0.151 e. The molecule has 17 heavy (non-hydrogen) atoms. The van der Waals surface area contributed by atoms with E-state index >= 15 is 0 Å². The van der Waals surface area contributed by atoms with Crippen molar-refractivity contribution < 1.29 is 0 Å². The molecule has 0 bridgehead atoms. The Bertz CT molecular complexity index is 342. The Balaban J connectivity index is 1.86. The SMILES string of the molecule is CNC1CN(c2ccc(NCC(C)C)nn2)C1. The third kappa shape index (κ3) is 3.06. The van der Waals surface area contributed by atoms with Crippen LogP contribution >= 0.6 is 0 Å². The van der Waals surface area contributed by atoms with E-state index in [0.717, 1.165) is 31.3 Å². The van der Waals surface area contributed by atoms with E-state index in [1.54, 1.807) is 0 Å². The molecule has 1 aliphatic rings. The summed E-state index contributed by atoms with van der Waals surface area (Å²) in [4.78, 5) is 2.22. The Hall–Kier alpha value is -1.36. The summed E-state index contributed by atoms with van der Waals surface area (Å²) in [5.74, 6) is 2.43. The summed E-state index contributed by atoms with van der Waals surface area (Å²) >= 11 is 0. The average Bonchev–Trinajstić information content (AvgIpc) is 2.26. The van der Waals surface area contributed by atoms with Crippen molar-refractivity contribution in [1.82, 2.24) is 15.5 Å². The zero-order valence-electron chi connectivity index (χ0n) is 10.8. The lowest BCUT2D eigenvalue weighted by Crippen LogP contribution is -2.57. The number of aromatic nitrogens is 2. The molecule has 0 saturated carbocycles. The monoisotopic (exact) mass is 235 g/mol. The molecule has 0 aliphatic carbocycles. The van der Waals surface area contributed by atoms with Gasteiger partial charge >= 0.3 is 0 Å². The molecular weight excluding hydrogens is 214 g/mol. The van der Waals surface area contributed by atoms with Crippen molar-refractivity contribution in [3.05, 3.63) is 12.1 Å². The van der Waals surface area contributed by atoms with Crippen LogP contribution in [0.3, 0.4) is 0 Å². The lowest BCUT2D eigenvalue weighted by Gasteiger charge is -2.39. The van der Waals surface area contributed by atoms with Gasteiger partial charge in [-0.25, -0.2) is 0 Å². The summed E-state index contributed by atoms with van der Waals surface area (Å²) in [6.45, 7) is 7.31. The van der Waals surface area contributed by atoms with Crippen molar-refractivity contribution in [3.63, 3.8) is 0 Å². The number of anilines is 2. The van der Waals surface area contributed by atoms with Crippen LogP contribution < -0.4 is 15.5 Å². The van der Waals surface area contributed by atoms with E-state index < -0.39 is 0 Å². The van der Waals surface area contributed by atoms with Crippen LogP contribution in [-0.2, 0) is 0 Å². The Morgan fingerprint density at radius 1 is 1.35 bits per heavy atom. The van der Waals surface area contributed by atoms with Crippen LogP contribution in [0.2, 0.25) is 0 Å². The van der Waals surface area contributed by atoms with Gasteiger partial charge in [0.25, 0.3) is 0 Å². The molecule has 5 heteroatoms. The van der Waals surface area contributed by atoms with Crippen LogP contribution in [0, 0.1) is 5.92 Å². The molecule has 5 nitrogen and oxygen atoms in total.